The number of carbonyl (C=O) groups excluding carboxylic acids is 1. The van der Waals surface area contributed by atoms with Crippen LogP contribution in [-0.4, -0.2) is 77.0 Å². The summed E-state index contributed by atoms with van der Waals surface area (Å²) < 4.78 is 23.0. The Kier molecular flexibility index (Phi) is 28.6. The topological polar surface area (TPSA) is 69.3 Å². The van der Waals surface area contributed by atoms with E-state index in [1.165, 1.54) is 154 Å². The van der Waals surface area contributed by atoms with Crippen molar-refractivity contribution >= 4 is 5.91 Å². The minimum Gasteiger partial charge on any atom is -0.356 e. The average Bonchev–Trinajstić information content (AvgIpc) is 3.61. The smallest absolute Gasteiger partial charge is 0.219 e. The quantitative estimate of drug-likeness (QED) is 0.0490. The normalized spacial score (nSPS) is 27.0. The van der Waals surface area contributed by atoms with Gasteiger partial charge in [-0.15, -0.1) is 0 Å². The van der Waals surface area contributed by atoms with Crippen LogP contribution in [0.15, 0.2) is 0 Å². The van der Waals surface area contributed by atoms with Crippen molar-refractivity contribution in [3.63, 3.8) is 0 Å². The van der Waals surface area contributed by atoms with Crippen LogP contribution >= 0.6 is 0 Å². The standard InChI is InChI=1S/C55H104N2O5/c1-5-7-9-11-15-23-42-59-46-61-44-25-21-40-57(41-22-26-45-62-47-60-43-24-16-12-10-8-6-2)39-20-14-13-19-38-56-53(58)30-27-29-49-32-34-51-50-33-31-48-28-17-18-36-54(48,3)52(50)35-37-55(49,51)4/h48-52H,5-47H2,1-4H3,(H,56,58). The molecule has 1 amide bonds. The fraction of sp³-hybridized carbons (Fsp3) is 0.982. The Morgan fingerprint density at radius 1 is 0.532 bits per heavy atom. The van der Waals surface area contributed by atoms with Gasteiger partial charge in [-0.1, -0.05) is 118 Å². The lowest BCUT2D eigenvalue weighted by Crippen LogP contribution is -2.52. The molecule has 0 aromatic rings. The Morgan fingerprint density at radius 2 is 1.06 bits per heavy atom. The maximum absolute atomic E-state index is 12.9. The number of carbonyl (C=O) groups is 1. The molecule has 4 fully saturated rings. The zero-order chi connectivity index (χ0) is 44.0. The van der Waals surface area contributed by atoms with Gasteiger partial charge in [0.2, 0.25) is 5.91 Å². The van der Waals surface area contributed by atoms with Crippen molar-refractivity contribution in [3.8, 4) is 0 Å². The van der Waals surface area contributed by atoms with Gasteiger partial charge in [0, 0.05) is 39.4 Å². The van der Waals surface area contributed by atoms with Crippen molar-refractivity contribution < 1.29 is 23.7 Å². The van der Waals surface area contributed by atoms with Crippen LogP contribution in [0.4, 0.5) is 0 Å². The van der Waals surface area contributed by atoms with Crippen LogP contribution in [0.1, 0.15) is 240 Å². The van der Waals surface area contributed by atoms with Gasteiger partial charge in [0.1, 0.15) is 13.6 Å². The molecule has 0 heterocycles. The summed E-state index contributed by atoms with van der Waals surface area (Å²) in [5.41, 5.74) is 1.16. The number of fused-ring (bicyclic) bond motifs is 5. The van der Waals surface area contributed by atoms with E-state index in [1.807, 2.05) is 0 Å². The molecular weight excluding hydrogens is 769 g/mol. The van der Waals surface area contributed by atoms with E-state index >= 15 is 0 Å². The van der Waals surface area contributed by atoms with Gasteiger partial charge in [-0.25, -0.2) is 0 Å². The molecule has 4 aliphatic carbocycles. The third-order valence-electron chi connectivity index (χ3n) is 17.1. The van der Waals surface area contributed by atoms with E-state index in [1.54, 1.807) is 0 Å². The molecule has 4 saturated carbocycles. The highest BCUT2D eigenvalue weighted by Gasteiger charge is 2.59. The molecule has 364 valence electrons. The van der Waals surface area contributed by atoms with Crippen LogP contribution in [-0.2, 0) is 23.7 Å². The first-order chi connectivity index (χ1) is 30.4. The van der Waals surface area contributed by atoms with Gasteiger partial charge in [0.15, 0.2) is 0 Å². The van der Waals surface area contributed by atoms with Gasteiger partial charge in [-0.3, -0.25) is 4.79 Å². The van der Waals surface area contributed by atoms with E-state index in [9.17, 15) is 4.79 Å². The molecule has 62 heavy (non-hydrogen) atoms. The second-order valence-corrected chi connectivity index (χ2v) is 21.5. The number of nitrogens with one attached hydrogen (secondary N) is 1. The van der Waals surface area contributed by atoms with Crippen molar-refractivity contribution in [1.29, 1.82) is 0 Å². The molecule has 7 heteroatoms. The summed E-state index contributed by atoms with van der Waals surface area (Å²) in [4.78, 5) is 15.6. The second-order valence-electron chi connectivity index (χ2n) is 21.5. The summed E-state index contributed by atoms with van der Waals surface area (Å²) in [6.45, 7) is 18.2. The fourth-order valence-electron chi connectivity index (χ4n) is 13.3. The predicted octanol–water partition coefficient (Wildman–Crippen LogP) is 14.4. The van der Waals surface area contributed by atoms with Gasteiger partial charge in [0.05, 0.1) is 0 Å². The second kappa shape index (κ2) is 32.9. The van der Waals surface area contributed by atoms with Gasteiger partial charge in [-0.05, 0) is 176 Å². The maximum atomic E-state index is 12.9. The largest absolute Gasteiger partial charge is 0.356 e. The summed E-state index contributed by atoms with van der Waals surface area (Å²) >= 11 is 0. The molecule has 1 N–H and O–H groups in total. The van der Waals surface area contributed by atoms with Crippen LogP contribution in [0.25, 0.3) is 0 Å². The number of hydrogen-bond acceptors (Lipinski definition) is 6. The molecule has 7 unspecified atom stereocenters. The molecule has 0 aliphatic heterocycles. The van der Waals surface area contributed by atoms with Crippen LogP contribution < -0.4 is 5.32 Å². The molecule has 0 aromatic heterocycles. The highest BCUT2D eigenvalue weighted by Crippen LogP contribution is 2.67. The lowest BCUT2D eigenvalue weighted by molar-refractivity contribution is -0.121. The zero-order valence-corrected chi connectivity index (χ0v) is 41.8. The van der Waals surface area contributed by atoms with Crippen LogP contribution in [0.5, 0.6) is 0 Å². The molecule has 0 radical (unpaired) electrons. The molecule has 7 nitrogen and oxygen atoms in total. The average molecular weight is 873 g/mol. The van der Waals surface area contributed by atoms with E-state index in [0.29, 0.717) is 30.8 Å². The van der Waals surface area contributed by atoms with Crippen molar-refractivity contribution in [1.82, 2.24) is 10.2 Å². The van der Waals surface area contributed by atoms with Gasteiger partial charge < -0.3 is 29.2 Å². The Morgan fingerprint density at radius 3 is 1.69 bits per heavy atom. The highest BCUT2D eigenvalue weighted by molar-refractivity contribution is 5.75. The van der Waals surface area contributed by atoms with Crippen LogP contribution in [0.2, 0.25) is 0 Å². The first-order valence-corrected chi connectivity index (χ1v) is 27.7. The summed E-state index contributed by atoms with van der Waals surface area (Å²) in [6.07, 6.45) is 42.5. The third kappa shape index (κ3) is 19.6. The highest BCUT2D eigenvalue weighted by atomic mass is 16.7. The summed E-state index contributed by atoms with van der Waals surface area (Å²) in [7, 11) is 0. The number of amides is 1. The number of ether oxygens (including phenoxy) is 4. The summed E-state index contributed by atoms with van der Waals surface area (Å²) in [6, 6.07) is 0. The molecular formula is C55H104N2O5. The van der Waals surface area contributed by atoms with Crippen molar-refractivity contribution in [2.24, 2.45) is 40.4 Å². The fourth-order valence-corrected chi connectivity index (χ4v) is 13.3. The van der Waals surface area contributed by atoms with E-state index < -0.39 is 0 Å². The van der Waals surface area contributed by atoms with Crippen LogP contribution in [0.3, 0.4) is 0 Å². The van der Waals surface area contributed by atoms with Crippen molar-refractivity contribution in [3.05, 3.63) is 0 Å². The van der Waals surface area contributed by atoms with E-state index in [0.717, 1.165) is 134 Å². The van der Waals surface area contributed by atoms with Crippen molar-refractivity contribution in [2.75, 3.05) is 66.2 Å². The first kappa shape index (κ1) is 53.9. The number of unbranched alkanes of at least 4 members (excludes halogenated alkanes) is 15. The molecule has 4 aliphatic rings. The van der Waals surface area contributed by atoms with Gasteiger partial charge in [0.25, 0.3) is 0 Å². The minimum absolute atomic E-state index is 0.282. The third-order valence-corrected chi connectivity index (χ3v) is 17.1. The molecule has 7 atom stereocenters. The van der Waals surface area contributed by atoms with Crippen molar-refractivity contribution in [2.45, 2.75) is 240 Å². The lowest BCUT2D eigenvalue weighted by atomic mass is 9.45. The Labute approximate surface area is 384 Å². The summed E-state index contributed by atoms with van der Waals surface area (Å²) in [5.74, 6) is 5.04. The molecule has 0 bridgehead atoms. The zero-order valence-electron chi connectivity index (χ0n) is 41.8. The molecule has 0 spiro atoms. The van der Waals surface area contributed by atoms with Crippen LogP contribution in [0, 0.1) is 40.4 Å². The maximum Gasteiger partial charge on any atom is 0.219 e. The minimum atomic E-state index is 0.282. The van der Waals surface area contributed by atoms with E-state index in [-0.39, 0.29) is 5.91 Å². The molecule has 4 rings (SSSR count). The Hall–Kier alpha value is -0.730. The summed E-state index contributed by atoms with van der Waals surface area (Å²) in [5, 5.41) is 3.29. The SMILES string of the molecule is CCCCCCCCOCOCCCCN(CCCCCCNC(=O)CCCC1CCC2C3CCC4CCCCC4(C)C3CCC12C)CCCCOCOCCCCCCCC. The Balaban J connectivity index is 1.02. The number of hydrogen-bond donors (Lipinski definition) is 1. The molecule has 0 aromatic carbocycles. The Bertz CT molecular complexity index is 1080. The first-order valence-electron chi connectivity index (χ1n) is 27.7. The molecule has 0 saturated heterocycles. The van der Waals surface area contributed by atoms with Gasteiger partial charge in [-0.2, -0.15) is 0 Å². The number of nitrogens with zero attached hydrogens (tertiary/aromatic N) is 1. The lowest BCUT2D eigenvalue weighted by Gasteiger charge is -2.60. The predicted molar refractivity (Wildman–Crippen MR) is 260 cm³/mol. The van der Waals surface area contributed by atoms with E-state index in [4.69, 9.17) is 18.9 Å². The monoisotopic (exact) mass is 873 g/mol. The number of rotatable bonds is 39. The van der Waals surface area contributed by atoms with E-state index in [2.05, 4.69) is 37.9 Å². The van der Waals surface area contributed by atoms with Gasteiger partial charge >= 0.3 is 0 Å².